The molecular formula is C8H12O2. The maximum absolute atomic E-state index is 10.6. The van der Waals surface area contributed by atoms with Crippen molar-refractivity contribution in [2.75, 3.05) is 6.61 Å². The highest BCUT2D eigenvalue weighted by Gasteiger charge is 2.17. The van der Waals surface area contributed by atoms with E-state index in [1.54, 1.807) is 0 Å². The number of allylic oxidation sites excluding steroid dienone is 1. The average Bonchev–Trinajstić information content (AvgIpc) is 1.95. The van der Waals surface area contributed by atoms with E-state index in [4.69, 9.17) is 4.74 Å². The molecule has 0 saturated carbocycles. The first kappa shape index (κ1) is 7.32. The molecule has 2 nitrogen and oxygen atoms in total. The number of carbonyl (C=O) groups is 1. The summed E-state index contributed by atoms with van der Waals surface area (Å²) < 4.78 is 4.86. The van der Waals surface area contributed by atoms with Crippen LogP contribution in [0, 0.1) is 5.92 Å². The van der Waals surface area contributed by atoms with Crippen molar-refractivity contribution in [3.05, 3.63) is 12.7 Å². The topological polar surface area (TPSA) is 26.3 Å². The molecule has 0 aromatic rings. The largest absolute Gasteiger partial charge is 0.465 e. The van der Waals surface area contributed by atoms with Crippen molar-refractivity contribution in [1.29, 1.82) is 0 Å². The molecule has 1 atom stereocenters. The summed E-state index contributed by atoms with van der Waals surface area (Å²) in [4.78, 5) is 10.6. The van der Waals surface area contributed by atoms with Gasteiger partial charge in [0.1, 0.15) is 0 Å². The Bertz CT molecular complexity index is 130. The van der Waals surface area contributed by atoms with Crippen LogP contribution in [0.2, 0.25) is 0 Å². The number of hydrogen-bond acceptors (Lipinski definition) is 2. The molecule has 0 unspecified atom stereocenters. The molecule has 1 saturated heterocycles. The molecule has 1 rings (SSSR count). The minimum atomic E-state index is -0.0553. The predicted molar refractivity (Wildman–Crippen MR) is 38.5 cm³/mol. The lowest BCUT2D eigenvalue weighted by Crippen LogP contribution is -2.20. The minimum Gasteiger partial charge on any atom is -0.465 e. The van der Waals surface area contributed by atoms with Crippen molar-refractivity contribution in [2.24, 2.45) is 5.92 Å². The highest BCUT2D eigenvalue weighted by atomic mass is 16.5. The molecule has 0 spiro atoms. The zero-order valence-electron chi connectivity index (χ0n) is 6.01. The molecule has 1 aliphatic heterocycles. The Hall–Kier alpha value is -0.790. The highest BCUT2D eigenvalue weighted by Crippen LogP contribution is 2.17. The number of carbonyl (C=O) groups excluding carboxylic acids is 1. The van der Waals surface area contributed by atoms with Crippen molar-refractivity contribution in [3.63, 3.8) is 0 Å². The second kappa shape index (κ2) is 3.40. The number of hydrogen-bond donors (Lipinski definition) is 0. The minimum absolute atomic E-state index is 0.0553. The molecule has 0 radical (unpaired) electrons. The van der Waals surface area contributed by atoms with E-state index in [-0.39, 0.29) is 5.97 Å². The van der Waals surface area contributed by atoms with E-state index in [0.717, 1.165) is 12.8 Å². The van der Waals surface area contributed by atoms with Gasteiger partial charge in [-0.3, -0.25) is 4.79 Å². The first-order valence-corrected chi connectivity index (χ1v) is 3.59. The zero-order chi connectivity index (χ0) is 7.40. The van der Waals surface area contributed by atoms with Crippen LogP contribution in [0.4, 0.5) is 0 Å². The molecule has 0 aromatic carbocycles. The molecule has 0 amide bonds. The summed E-state index contributed by atoms with van der Waals surface area (Å²) in [6.07, 6.45) is 4.39. The Kier molecular flexibility index (Phi) is 2.49. The molecule has 0 bridgehead atoms. The fourth-order valence-electron chi connectivity index (χ4n) is 1.11. The van der Waals surface area contributed by atoms with Gasteiger partial charge in [-0.1, -0.05) is 6.08 Å². The van der Waals surface area contributed by atoms with Gasteiger partial charge in [0.05, 0.1) is 6.61 Å². The summed E-state index contributed by atoms with van der Waals surface area (Å²) >= 11 is 0. The quantitative estimate of drug-likeness (QED) is 0.429. The van der Waals surface area contributed by atoms with Gasteiger partial charge in [-0.05, 0) is 18.8 Å². The van der Waals surface area contributed by atoms with Gasteiger partial charge >= 0.3 is 5.97 Å². The van der Waals surface area contributed by atoms with Crippen LogP contribution in [0.25, 0.3) is 0 Å². The van der Waals surface area contributed by atoms with Crippen LogP contribution in [0.5, 0.6) is 0 Å². The summed E-state index contributed by atoms with van der Waals surface area (Å²) in [5, 5.41) is 0. The lowest BCUT2D eigenvalue weighted by Gasteiger charge is -2.19. The second-order valence-electron chi connectivity index (χ2n) is 2.61. The molecular weight excluding hydrogens is 128 g/mol. The van der Waals surface area contributed by atoms with E-state index in [2.05, 4.69) is 6.58 Å². The van der Waals surface area contributed by atoms with Gasteiger partial charge in [0.25, 0.3) is 0 Å². The predicted octanol–water partition coefficient (Wildman–Crippen LogP) is 1.52. The molecule has 0 N–H and O–H groups in total. The molecule has 1 aliphatic rings. The van der Waals surface area contributed by atoms with Gasteiger partial charge in [0.2, 0.25) is 0 Å². The Morgan fingerprint density at radius 1 is 1.80 bits per heavy atom. The Morgan fingerprint density at radius 3 is 3.10 bits per heavy atom. The molecule has 56 valence electrons. The van der Waals surface area contributed by atoms with Crippen LogP contribution in [0.15, 0.2) is 12.7 Å². The zero-order valence-corrected chi connectivity index (χ0v) is 6.01. The van der Waals surface area contributed by atoms with E-state index in [9.17, 15) is 4.79 Å². The maximum atomic E-state index is 10.6. The van der Waals surface area contributed by atoms with Crippen LogP contribution in [0.3, 0.4) is 0 Å². The van der Waals surface area contributed by atoms with E-state index in [1.807, 2.05) is 6.08 Å². The van der Waals surface area contributed by atoms with Gasteiger partial charge in [-0.2, -0.15) is 0 Å². The van der Waals surface area contributed by atoms with Crippen molar-refractivity contribution in [1.82, 2.24) is 0 Å². The third-order valence-electron chi connectivity index (χ3n) is 1.74. The third kappa shape index (κ3) is 1.87. The lowest BCUT2D eigenvalue weighted by atomic mass is 9.99. The monoisotopic (exact) mass is 140 g/mol. The molecule has 1 fully saturated rings. The number of rotatable bonds is 2. The van der Waals surface area contributed by atoms with E-state index in [1.165, 1.54) is 0 Å². The summed E-state index contributed by atoms with van der Waals surface area (Å²) in [5.74, 6) is 0.468. The standard InChI is InChI=1S/C8H12O2/c1-2-3-7-4-5-8(9)10-6-7/h2,7H,1,3-6H2/t7-/m0/s1. The average molecular weight is 140 g/mol. The van der Waals surface area contributed by atoms with Gasteiger partial charge < -0.3 is 4.74 Å². The maximum Gasteiger partial charge on any atom is 0.305 e. The van der Waals surface area contributed by atoms with E-state index in [0.29, 0.717) is 18.9 Å². The molecule has 0 aliphatic carbocycles. The van der Waals surface area contributed by atoms with Crippen LogP contribution in [-0.2, 0) is 9.53 Å². The van der Waals surface area contributed by atoms with Gasteiger partial charge in [-0.15, -0.1) is 6.58 Å². The Morgan fingerprint density at radius 2 is 2.60 bits per heavy atom. The van der Waals surface area contributed by atoms with Crippen molar-refractivity contribution >= 4 is 5.97 Å². The first-order chi connectivity index (χ1) is 4.83. The third-order valence-corrected chi connectivity index (χ3v) is 1.74. The van der Waals surface area contributed by atoms with Gasteiger partial charge in [0.15, 0.2) is 0 Å². The fraction of sp³-hybridized carbons (Fsp3) is 0.625. The highest BCUT2D eigenvalue weighted by molar-refractivity contribution is 5.69. The summed E-state index contributed by atoms with van der Waals surface area (Å²) in [6.45, 7) is 4.22. The molecule has 1 heterocycles. The number of cyclic esters (lactones) is 1. The van der Waals surface area contributed by atoms with Crippen LogP contribution < -0.4 is 0 Å². The fourth-order valence-corrected chi connectivity index (χ4v) is 1.11. The number of esters is 1. The summed E-state index contributed by atoms with van der Waals surface area (Å²) in [7, 11) is 0. The van der Waals surface area contributed by atoms with Crippen molar-refractivity contribution in [2.45, 2.75) is 19.3 Å². The molecule has 0 aromatic heterocycles. The molecule has 2 heteroatoms. The number of ether oxygens (including phenoxy) is 1. The van der Waals surface area contributed by atoms with E-state index < -0.39 is 0 Å². The van der Waals surface area contributed by atoms with Crippen molar-refractivity contribution < 1.29 is 9.53 Å². The summed E-state index contributed by atoms with van der Waals surface area (Å²) in [5.41, 5.74) is 0. The van der Waals surface area contributed by atoms with Crippen LogP contribution >= 0.6 is 0 Å². The lowest BCUT2D eigenvalue weighted by molar-refractivity contribution is -0.149. The summed E-state index contributed by atoms with van der Waals surface area (Å²) in [6, 6.07) is 0. The Labute approximate surface area is 60.9 Å². The van der Waals surface area contributed by atoms with Crippen LogP contribution in [-0.4, -0.2) is 12.6 Å². The Balaban J connectivity index is 2.25. The first-order valence-electron chi connectivity index (χ1n) is 3.59. The second-order valence-corrected chi connectivity index (χ2v) is 2.61. The van der Waals surface area contributed by atoms with E-state index >= 15 is 0 Å². The van der Waals surface area contributed by atoms with Crippen LogP contribution in [0.1, 0.15) is 19.3 Å². The van der Waals surface area contributed by atoms with Crippen molar-refractivity contribution in [3.8, 4) is 0 Å². The smallest absolute Gasteiger partial charge is 0.305 e. The normalized spacial score (nSPS) is 25.6. The SMILES string of the molecule is C=CC[C@H]1CCC(=O)OC1. The molecule has 10 heavy (non-hydrogen) atoms. The van der Waals surface area contributed by atoms with Gasteiger partial charge in [0, 0.05) is 6.42 Å². The van der Waals surface area contributed by atoms with Gasteiger partial charge in [-0.25, -0.2) is 0 Å².